The van der Waals surface area contributed by atoms with Gasteiger partial charge in [0.2, 0.25) is 5.78 Å². The SMILES string of the molecule is CCOC(=O)C(=CNc1cccc(CO)c1)C(=O)c1cc(CN2CCOCC2)ccc1F. The van der Waals surface area contributed by atoms with E-state index in [1.165, 1.54) is 18.3 Å². The van der Waals surface area contributed by atoms with Crippen LogP contribution < -0.4 is 5.32 Å². The zero-order chi connectivity index (χ0) is 22.9. The summed E-state index contributed by atoms with van der Waals surface area (Å²) in [4.78, 5) is 27.8. The Morgan fingerprint density at radius 2 is 1.97 bits per heavy atom. The molecule has 3 rings (SSSR count). The Balaban J connectivity index is 1.86. The smallest absolute Gasteiger partial charge is 0.343 e. The number of nitrogens with zero attached hydrogens (tertiary/aromatic N) is 1. The molecule has 2 aromatic carbocycles. The van der Waals surface area contributed by atoms with Crippen molar-refractivity contribution in [1.82, 2.24) is 4.90 Å². The molecule has 0 atom stereocenters. The molecule has 0 saturated carbocycles. The fourth-order valence-electron chi connectivity index (χ4n) is 3.35. The van der Waals surface area contributed by atoms with Crippen molar-refractivity contribution in [3.8, 4) is 0 Å². The van der Waals surface area contributed by atoms with Crippen molar-refractivity contribution in [3.63, 3.8) is 0 Å². The third kappa shape index (κ3) is 6.23. The van der Waals surface area contributed by atoms with Crippen LogP contribution in [0.5, 0.6) is 0 Å². The Labute approximate surface area is 186 Å². The van der Waals surface area contributed by atoms with Crippen LogP contribution in [0.4, 0.5) is 10.1 Å². The van der Waals surface area contributed by atoms with Gasteiger partial charge in [0.05, 0.1) is 32.0 Å². The number of ether oxygens (including phenoxy) is 2. The lowest BCUT2D eigenvalue weighted by atomic mass is 10.0. The highest BCUT2D eigenvalue weighted by Crippen LogP contribution is 2.19. The largest absolute Gasteiger partial charge is 0.462 e. The van der Waals surface area contributed by atoms with Crippen molar-refractivity contribution >= 4 is 17.4 Å². The van der Waals surface area contributed by atoms with E-state index in [0.717, 1.165) is 18.7 Å². The second-order valence-electron chi connectivity index (χ2n) is 7.31. The highest BCUT2D eigenvalue weighted by atomic mass is 19.1. The number of halogens is 1. The molecule has 8 heteroatoms. The van der Waals surface area contributed by atoms with Gasteiger partial charge >= 0.3 is 5.97 Å². The molecule has 0 unspecified atom stereocenters. The van der Waals surface area contributed by atoms with Crippen molar-refractivity contribution in [2.75, 3.05) is 38.2 Å². The standard InChI is InChI=1S/C24H27FN2O5/c1-2-32-24(30)21(14-26-19-5-3-4-18(12-19)16-28)23(29)20-13-17(6-7-22(20)25)15-27-8-10-31-11-9-27/h3-7,12-14,26,28H,2,8-11,15-16H2,1H3. The molecule has 0 bridgehead atoms. The quantitative estimate of drug-likeness (QED) is 0.203. The van der Waals surface area contributed by atoms with Gasteiger partial charge in [0.25, 0.3) is 0 Å². The van der Waals surface area contributed by atoms with Gasteiger partial charge in [-0.1, -0.05) is 18.2 Å². The van der Waals surface area contributed by atoms with Crippen molar-refractivity contribution in [2.24, 2.45) is 0 Å². The molecule has 2 N–H and O–H groups in total. The first-order chi connectivity index (χ1) is 15.5. The Morgan fingerprint density at radius 1 is 1.19 bits per heavy atom. The first-order valence-corrected chi connectivity index (χ1v) is 10.5. The topological polar surface area (TPSA) is 88.1 Å². The molecule has 170 valence electrons. The Kier molecular flexibility index (Phi) is 8.49. The highest BCUT2D eigenvalue weighted by molar-refractivity contribution is 6.24. The maximum absolute atomic E-state index is 14.6. The van der Waals surface area contributed by atoms with Crippen LogP contribution in [0.2, 0.25) is 0 Å². The average Bonchev–Trinajstić information content (AvgIpc) is 2.81. The number of hydrogen-bond donors (Lipinski definition) is 2. The van der Waals surface area contributed by atoms with Gasteiger partial charge in [-0.3, -0.25) is 9.69 Å². The summed E-state index contributed by atoms with van der Waals surface area (Å²) in [5.41, 5.74) is 1.48. The maximum atomic E-state index is 14.6. The second kappa shape index (κ2) is 11.5. The van der Waals surface area contributed by atoms with Gasteiger partial charge in [-0.2, -0.15) is 0 Å². The van der Waals surface area contributed by atoms with Crippen molar-refractivity contribution < 1.29 is 28.6 Å². The summed E-state index contributed by atoms with van der Waals surface area (Å²) in [6.07, 6.45) is 1.21. The van der Waals surface area contributed by atoms with Crippen LogP contribution in [0.1, 0.15) is 28.4 Å². The zero-order valence-electron chi connectivity index (χ0n) is 18.0. The number of Topliss-reactive ketones (excluding diaryl/α,β-unsaturated/α-hetero) is 1. The van der Waals surface area contributed by atoms with Gasteiger partial charge in [-0.25, -0.2) is 9.18 Å². The maximum Gasteiger partial charge on any atom is 0.343 e. The molecule has 0 spiro atoms. The first-order valence-electron chi connectivity index (χ1n) is 10.5. The normalized spacial score (nSPS) is 14.8. The number of rotatable bonds is 9. The van der Waals surface area contributed by atoms with Crippen LogP contribution in [-0.4, -0.2) is 54.7 Å². The molecule has 1 saturated heterocycles. The number of carbonyl (C=O) groups is 2. The molecule has 1 aliphatic rings. The minimum Gasteiger partial charge on any atom is -0.462 e. The predicted octanol–water partition coefficient (Wildman–Crippen LogP) is 2.89. The van der Waals surface area contributed by atoms with E-state index in [2.05, 4.69) is 10.2 Å². The summed E-state index contributed by atoms with van der Waals surface area (Å²) in [6.45, 7) is 4.87. The molecular weight excluding hydrogens is 415 g/mol. The third-order valence-corrected chi connectivity index (χ3v) is 5.02. The lowest BCUT2D eigenvalue weighted by Gasteiger charge is -2.26. The number of aliphatic hydroxyl groups excluding tert-OH is 1. The minimum atomic E-state index is -0.846. The van der Waals surface area contributed by atoms with E-state index in [4.69, 9.17) is 9.47 Å². The van der Waals surface area contributed by atoms with Gasteiger partial charge in [-0.15, -0.1) is 0 Å². The summed E-state index contributed by atoms with van der Waals surface area (Å²) >= 11 is 0. The van der Waals surface area contributed by atoms with E-state index in [1.807, 2.05) is 0 Å². The van der Waals surface area contributed by atoms with E-state index >= 15 is 0 Å². The molecule has 0 aromatic heterocycles. The lowest BCUT2D eigenvalue weighted by molar-refractivity contribution is -0.138. The van der Waals surface area contributed by atoms with Crippen LogP contribution in [0, 0.1) is 5.82 Å². The van der Waals surface area contributed by atoms with Gasteiger partial charge < -0.3 is 19.9 Å². The summed E-state index contributed by atoms with van der Waals surface area (Å²) < 4.78 is 24.9. The van der Waals surface area contributed by atoms with Crippen LogP contribution >= 0.6 is 0 Å². The van der Waals surface area contributed by atoms with Crippen LogP contribution in [0.3, 0.4) is 0 Å². The number of aliphatic hydroxyl groups is 1. The number of hydrogen-bond acceptors (Lipinski definition) is 7. The number of morpholine rings is 1. The number of nitrogens with one attached hydrogen (secondary N) is 1. The van der Waals surface area contributed by atoms with E-state index in [9.17, 15) is 19.1 Å². The molecule has 0 aliphatic carbocycles. The second-order valence-corrected chi connectivity index (χ2v) is 7.31. The fraction of sp³-hybridized carbons (Fsp3) is 0.333. The Morgan fingerprint density at radius 3 is 2.69 bits per heavy atom. The molecule has 0 amide bonds. The lowest BCUT2D eigenvalue weighted by Crippen LogP contribution is -2.35. The fourth-order valence-corrected chi connectivity index (χ4v) is 3.35. The summed E-state index contributed by atoms with van der Waals surface area (Å²) in [6, 6.07) is 11.2. The van der Waals surface area contributed by atoms with E-state index in [1.54, 1.807) is 37.3 Å². The van der Waals surface area contributed by atoms with Crippen molar-refractivity contribution in [2.45, 2.75) is 20.1 Å². The minimum absolute atomic E-state index is 0.0724. The van der Waals surface area contributed by atoms with Crippen molar-refractivity contribution in [1.29, 1.82) is 0 Å². The zero-order valence-corrected chi connectivity index (χ0v) is 18.0. The molecule has 0 radical (unpaired) electrons. The Hall–Kier alpha value is -3.07. The average molecular weight is 442 g/mol. The first kappa shape index (κ1) is 23.6. The molecule has 7 nitrogen and oxygen atoms in total. The number of benzene rings is 2. The van der Waals surface area contributed by atoms with E-state index in [0.29, 0.717) is 31.0 Å². The van der Waals surface area contributed by atoms with Crippen LogP contribution in [-0.2, 0) is 27.4 Å². The van der Waals surface area contributed by atoms with E-state index in [-0.39, 0.29) is 24.4 Å². The molecule has 1 fully saturated rings. The third-order valence-electron chi connectivity index (χ3n) is 5.02. The van der Waals surface area contributed by atoms with Gasteiger partial charge in [0.1, 0.15) is 11.4 Å². The highest BCUT2D eigenvalue weighted by Gasteiger charge is 2.24. The predicted molar refractivity (Wildman–Crippen MR) is 118 cm³/mol. The summed E-state index contributed by atoms with van der Waals surface area (Å²) in [7, 11) is 0. The van der Waals surface area contributed by atoms with Gasteiger partial charge in [0.15, 0.2) is 0 Å². The number of carbonyl (C=O) groups excluding carboxylic acids is 2. The Bertz CT molecular complexity index is 986. The van der Waals surface area contributed by atoms with Gasteiger partial charge in [0, 0.05) is 31.5 Å². The monoisotopic (exact) mass is 442 g/mol. The molecule has 1 heterocycles. The van der Waals surface area contributed by atoms with Crippen molar-refractivity contribution in [3.05, 3.63) is 76.7 Å². The van der Waals surface area contributed by atoms with Crippen LogP contribution in [0.15, 0.2) is 54.2 Å². The molecule has 1 aliphatic heterocycles. The molecular formula is C24H27FN2O5. The van der Waals surface area contributed by atoms with Crippen LogP contribution in [0.25, 0.3) is 0 Å². The van der Waals surface area contributed by atoms with E-state index < -0.39 is 17.6 Å². The number of anilines is 1. The summed E-state index contributed by atoms with van der Waals surface area (Å²) in [5, 5.41) is 12.2. The molecule has 2 aromatic rings. The molecule has 32 heavy (non-hydrogen) atoms. The summed E-state index contributed by atoms with van der Waals surface area (Å²) in [5.74, 6) is -2.32. The number of ketones is 1. The number of esters is 1. The van der Waals surface area contributed by atoms with Gasteiger partial charge in [-0.05, 0) is 42.3 Å².